The van der Waals surface area contributed by atoms with Crippen molar-refractivity contribution in [2.75, 3.05) is 0 Å². The van der Waals surface area contributed by atoms with Gasteiger partial charge in [-0.15, -0.1) is 0 Å². The molecule has 2 fully saturated rings. The van der Waals surface area contributed by atoms with Crippen molar-refractivity contribution in [1.29, 1.82) is 0 Å². The molecule has 3 aromatic rings. The Kier molecular flexibility index (Phi) is 8.81. The molecule has 0 spiro atoms. The second-order valence-corrected chi connectivity index (χ2v) is 13.5. The average Bonchev–Trinajstić information content (AvgIpc) is 2.98. The minimum atomic E-state index is -4.53. The molecule has 3 aromatic carbocycles. The van der Waals surface area contributed by atoms with Crippen LogP contribution in [0.4, 0.5) is 0 Å². The van der Waals surface area contributed by atoms with Gasteiger partial charge in [0.15, 0.2) is 0 Å². The Hall–Kier alpha value is -2.83. The quantitative estimate of drug-likeness (QED) is 0.257. The molecule has 0 aliphatic heterocycles. The molecule has 41 heavy (non-hydrogen) atoms. The highest BCUT2D eigenvalue weighted by atomic mass is 32.2. The van der Waals surface area contributed by atoms with Crippen LogP contribution in [0, 0.1) is 6.92 Å². The van der Waals surface area contributed by atoms with Crippen LogP contribution < -0.4 is 9.47 Å². The number of hydrogen-bond donors (Lipinski definition) is 1. The summed E-state index contributed by atoms with van der Waals surface area (Å²) in [6.45, 7) is 6.31. The molecule has 5 nitrogen and oxygen atoms in total. The predicted octanol–water partition coefficient (Wildman–Crippen LogP) is 9.56. The number of rotatable bonds is 9. The third kappa shape index (κ3) is 6.65. The van der Waals surface area contributed by atoms with Crippen LogP contribution in [0.2, 0.25) is 0 Å². The summed E-state index contributed by atoms with van der Waals surface area (Å²) in [5.74, 6) is 1.58. The molecule has 220 valence electrons. The maximum absolute atomic E-state index is 12.9. The van der Waals surface area contributed by atoms with Gasteiger partial charge in [-0.05, 0) is 124 Å². The summed E-state index contributed by atoms with van der Waals surface area (Å²) in [5, 5.41) is 0. The Balaban J connectivity index is 1.47. The van der Waals surface area contributed by atoms with Gasteiger partial charge < -0.3 is 9.47 Å². The Labute approximate surface area is 246 Å². The van der Waals surface area contributed by atoms with Gasteiger partial charge in [0.25, 0.3) is 10.1 Å². The molecule has 6 heteroatoms. The van der Waals surface area contributed by atoms with Gasteiger partial charge in [0.1, 0.15) is 27.6 Å². The monoisotopic (exact) mass is 576 g/mol. The van der Waals surface area contributed by atoms with Crippen molar-refractivity contribution in [2.24, 2.45) is 0 Å². The Bertz CT molecular complexity index is 1340. The van der Waals surface area contributed by atoms with E-state index >= 15 is 0 Å². The zero-order valence-corrected chi connectivity index (χ0v) is 25.6. The molecule has 0 heterocycles. The third-order valence-corrected chi connectivity index (χ3v) is 10.3. The number of hydrogen-bond acceptors (Lipinski definition) is 4. The summed E-state index contributed by atoms with van der Waals surface area (Å²) in [5.41, 5.74) is 3.03. The molecular formula is C35H44O5S. The van der Waals surface area contributed by atoms with Crippen LogP contribution in [0.1, 0.15) is 96.5 Å². The van der Waals surface area contributed by atoms with Gasteiger partial charge in [0.05, 0.1) is 0 Å². The largest absolute Gasteiger partial charge is 0.487 e. The highest BCUT2D eigenvalue weighted by molar-refractivity contribution is 7.86. The van der Waals surface area contributed by atoms with Crippen molar-refractivity contribution in [1.82, 2.24) is 0 Å². The molecule has 2 aliphatic rings. The molecule has 0 amide bonds. The molecule has 0 saturated heterocycles. The van der Waals surface area contributed by atoms with Crippen molar-refractivity contribution in [2.45, 2.75) is 114 Å². The van der Waals surface area contributed by atoms with Crippen LogP contribution in [0.25, 0.3) is 22.3 Å². The van der Waals surface area contributed by atoms with Crippen molar-refractivity contribution in [3.05, 3.63) is 66.2 Å². The van der Waals surface area contributed by atoms with Crippen LogP contribution in [0.5, 0.6) is 11.5 Å². The van der Waals surface area contributed by atoms with Gasteiger partial charge in [-0.2, -0.15) is 8.42 Å². The van der Waals surface area contributed by atoms with E-state index in [1.807, 2.05) is 67.6 Å². The zero-order chi connectivity index (χ0) is 29.1. The first kappa shape index (κ1) is 29.7. The predicted molar refractivity (Wildman–Crippen MR) is 165 cm³/mol. The van der Waals surface area contributed by atoms with Crippen LogP contribution in [-0.2, 0) is 10.1 Å². The van der Waals surface area contributed by atoms with Gasteiger partial charge in [-0.3, -0.25) is 4.55 Å². The fraction of sp³-hybridized carbons (Fsp3) is 0.486. The molecule has 0 aromatic heterocycles. The van der Waals surface area contributed by atoms with Crippen molar-refractivity contribution < 1.29 is 22.4 Å². The lowest BCUT2D eigenvalue weighted by molar-refractivity contribution is 0.0263. The van der Waals surface area contributed by atoms with Gasteiger partial charge in [0, 0.05) is 11.1 Å². The second kappa shape index (κ2) is 12.2. The van der Waals surface area contributed by atoms with E-state index in [4.69, 9.17) is 9.47 Å². The normalized spacial score (nSPS) is 18.5. The summed E-state index contributed by atoms with van der Waals surface area (Å²) in [4.78, 5) is -0.0833. The van der Waals surface area contributed by atoms with Crippen LogP contribution >= 0.6 is 0 Å². The average molecular weight is 577 g/mol. The smallest absolute Gasteiger partial charge is 0.295 e. The van der Waals surface area contributed by atoms with E-state index in [0.29, 0.717) is 22.3 Å². The SMILES string of the molecule is CCC1(Oc2ccc(-c3cc(C)cc(-c4ccc(OC5(CC)CCCCC5)cc4)c3S(=O)(=O)O)cc2)CCCCC1. The molecule has 0 atom stereocenters. The summed E-state index contributed by atoms with van der Waals surface area (Å²) in [7, 11) is -4.53. The molecule has 2 aliphatic carbocycles. The van der Waals surface area contributed by atoms with Gasteiger partial charge in [0.2, 0.25) is 0 Å². The third-order valence-electron chi connectivity index (χ3n) is 9.31. The lowest BCUT2D eigenvalue weighted by Crippen LogP contribution is -2.37. The van der Waals surface area contributed by atoms with Gasteiger partial charge >= 0.3 is 0 Å². The van der Waals surface area contributed by atoms with E-state index in [0.717, 1.165) is 55.6 Å². The summed E-state index contributed by atoms with van der Waals surface area (Å²) in [6, 6.07) is 18.9. The molecule has 5 rings (SSSR count). The van der Waals surface area contributed by atoms with E-state index in [9.17, 15) is 13.0 Å². The van der Waals surface area contributed by atoms with Gasteiger partial charge in [-0.25, -0.2) is 0 Å². The first-order valence-electron chi connectivity index (χ1n) is 15.4. The number of benzene rings is 3. The molecule has 2 saturated carbocycles. The minimum Gasteiger partial charge on any atom is -0.487 e. The van der Waals surface area contributed by atoms with Gasteiger partial charge in [-0.1, -0.05) is 51.0 Å². The molecule has 0 radical (unpaired) electrons. The Morgan fingerprint density at radius 3 is 1.34 bits per heavy atom. The lowest BCUT2D eigenvalue weighted by atomic mass is 9.82. The molecular weight excluding hydrogens is 532 g/mol. The van der Waals surface area contributed by atoms with Crippen LogP contribution in [0.15, 0.2) is 65.6 Å². The lowest BCUT2D eigenvalue weighted by Gasteiger charge is -2.37. The zero-order valence-electron chi connectivity index (χ0n) is 24.7. The summed E-state index contributed by atoms with van der Waals surface area (Å²) in [6.07, 6.45) is 13.4. The van der Waals surface area contributed by atoms with E-state index in [1.54, 1.807) is 0 Å². The van der Waals surface area contributed by atoms with Crippen molar-refractivity contribution in [3.8, 4) is 33.8 Å². The Morgan fingerprint density at radius 2 is 1.02 bits per heavy atom. The highest BCUT2D eigenvalue weighted by Gasteiger charge is 2.33. The first-order chi connectivity index (χ1) is 19.7. The molecule has 0 unspecified atom stereocenters. The number of aryl methyl sites for hydroxylation is 1. The summed E-state index contributed by atoms with van der Waals surface area (Å²) >= 11 is 0. The highest BCUT2D eigenvalue weighted by Crippen LogP contribution is 2.41. The maximum atomic E-state index is 12.9. The van der Waals surface area contributed by atoms with E-state index in [1.165, 1.54) is 38.5 Å². The van der Waals surface area contributed by atoms with E-state index < -0.39 is 10.1 Å². The molecule has 1 N–H and O–H groups in total. The fourth-order valence-corrected chi connectivity index (χ4v) is 7.74. The van der Waals surface area contributed by atoms with E-state index in [-0.39, 0.29) is 16.1 Å². The second-order valence-electron chi connectivity index (χ2n) is 12.1. The minimum absolute atomic E-state index is 0.0833. The number of ether oxygens (including phenoxy) is 2. The van der Waals surface area contributed by atoms with Crippen LogP contribution in [0.3, 0.4) is 0 Å². The first-order valence-corrected chi connectivity index (χ1v) is 16.8. The van der Waals surface area contributed by atoms with Crippen molar-refractivity contribution in [3.63, 3.8) is 0 Å². The summed E-state index contributed by atoms with van der Waals surface area (Å²) < 4.78 is 49.2. The topological polar surface area (TPSA) is 72.8 Å². The fourth-order valence-electron chi connectivity index (χ4n) is 6.83. The van der Waals surface area contributed by atoms with E-state index in [2.05, 4.69) is 13.8 Å². The standard InChI is InChI=1S/C35H44O5S/c1-4-34(20-8-6-9-21-34)39-29-16-12-27(13-17-29)31-24-26(3)25-32(33(31)41(36,37)38)28-14-18-30(19-15-28)40-35(5-2)22-10-7-11-23-35/h12-19,24-25H,4-11,20-23H2,1-3H3,(H,36,37,38). The van der Waals surface area contributed by atoms with Crippen LogP contribution in [-0.4, -0.2) is 24.2 Å². The maximum Gasteiger partial charge on any atom is 0.295 e. The Morgan fingerprint density at radius 1 is 0.659 bits per heavy atom. The molecule has 0 bridgehead atoms. The van der Waals surface area contributed by atoms with Crippen molar-refractivity contribution >= 4 is 10.1 Å².